The van der Waals surface area contributed by atoms with E-state index in [1.54, 1.807) is 0 Å². The lowest BCUT2D eigenvalue weighted by Crippen LogP contribution is -2.48. The van der Waals surface area contributed by atoms with E-state index in [0.717, 1.165) is 25.8 Å². The number of nitrogens with one attached hydrogen (secondary N) is 1. The number of ether oxygens (including phenoxy) is 1. The molecule has 3 rings (SSSR count). The van der Waals surface area contributed by atoms with Gasteiger partial charge in [0, 0.05) is 43.2 Å². The summed E-state index contributed by atoms with van der Waals surface area (Å²) < 4.78 is 5.48. The highest BCUT2D eigenvalue weighted by Crippen LogP contribution is 2.30. The molecule has 17 heavy (non-hydrogen) atoms. The maximum atomic E-state index is 6.11. The molecule has 0 radical (unpaired) electrons. The summed E-state index contributed by atoms with van der Waals surface area (Å²) in [4.78, 5) is 2.64. The van der Waals surface area contributed by atoms with Crippen LogP contribution in [0, 0.1) is 5.41 Å². The molecule has 3 N–H and O–H groups in total. The van der Waals surface area contributed by atoms with Crippen LogP contribution in [0.5, 0.6) is 0 Å². The summed E-state index contributed by atoms with van der Waals surface area (Å²) in [5, 5.41) is 3.71. The number of hydrogen-bond donors (Lipinski definition) is 2. The molecule has 3 unspecified atom stereocenters. The minimum atomic E-state index is 0.132. The van der Waals surface area contributed by atoms with E-state index in [1.807, 2.05) is 0 Å². The first kappa shape index (κ1) is 11.9. The molecule has 1 aliphatic carbocycles. The largest absolute Gasteiger partial charge is 0.379 e. The second kappa shape index (κ2) is 4.50. The average molecular weight is 239 g/mol. The zero-order valence-corrected chi connectivity index (χ0v) is 10.8. The number of rotatable bonds is 4. The van der Waals surface area contributed by atoms with E-state index in [1.165, 1.54) is 32.4 Å². The SMILES string of the molecule is CC1(CNC2CCN(C3CC3)C2)COCC1N. The van der Waals surface area contributed by atoms with Gasteiger partial charge >= 0.3 is 0 Å². The summed E-state index contributed by atoms with van der Waals surface area (Å²) in [6.45, 7) is 7.28. The van der Waals surface area contributed by atoms with Gasteiger partial charge in [-0.2, -0.15) is 0 Å². The van der Waals surface area contributed by atoms with E-state index >= 15 is 0 Å². The fourth-order valence-corrected chi connectivity index (χ4v) is 3.01. The Labute approximate surface area is 104 Å². The van der Waals surface area contributed by atoms with E-state index < -0.39 is 0 Å². The van der Waals surface area contributed by atoms with Crippen molar-refractivity contribution in [3.8, 4) is 0 Å². The summed E-state index contributed by atoms with van der Waals surface area (Å²) in [5.74, 6) is 0. The lowest BCUT2D eigenvalue weighted by molar-refractivity contribution is 0.156. The summed E-state index contributed by atoms with van der Waals surface area (Å²) in [6.07, 6.45) is 4.13. The van der Waals surface area contributed by atoms with Gasteiger partial charge in [0.15, 0.2) is 0 Å². The van der Waals surface area contributed by atoms with Crippen LogP contribution in [0.25, 0.3) is 0 Å². The quantitative estimate of drug-likeness (QED) is 0.735. The van der Waals surface area contributed by atoms with Crippen molar-refractivity contribution in [1.82, 2.24) is 10.2 Å². The molecular formula is C13H25N3O. The molecule has 2 saturated heterocycles. The molecule has 0 amide bonds. The summed E-state index contributed by atoms with van der Waals surface area (Å²) >= 11 is 0. The normalized spacial score (nSPS) is 43.4. The number of nitrogens with two attached hydrogens (primary N) is 1. The smallest absolute Gasteiger partial charge is 0.0624 e. The van der Waals surface area contributed by atoms with E-state index in [0.29, 0.717) is 6.04 Å². The molecule has 1 saturated carbocycles. The molecule has 98 valence electrons. The Bertz CT molecular complexity index is 282. The molecule has 0 spiro atoms. The molecular weight excluding hydrogens is 214 g/mol. The zero-order valence-electron chi connectivity index (χ0n) is 10.8. The second-order valence-electron chi connectivity index (χ2n) is 6.37. The van der Waals surface area contributed by atoms with Gasteiger partial charge < -0.3 is 15.8 Å². The van der Waals surface area contributed by atoms with Crippen molar-refractivity contribution in [2.45, 2.75) is 44.3 Å². The van der Waals surface area contributed by atoms with Gasteiger partial charge in [-0.25, -0.2) is 0 Å². The minimum Gasteiger partial charge on any atom is -0.379 e. The van der Waals surface area contributed by atoms with Gasteiger partial charge in [-0.15, -0.1) is 0 Å². The first-order valence-corrected chi connectivity index (χ1v) is 6.98. The van der Waals surface area contributed by atoms with Crippen LogP contribution in [0.2, 0.25) is 0 Å². The highest BCUT2D eigenvalue weighted by Gasteiger charge is 2.39. The molecule has 0 aromatic rings. The Morgan fingerprint density at radius 1 is 1.41 bits per heavy atom. The Balaban J connectivity index is 1.45. The maximum absolute atomic E-state index is 6.11. The standard InChI is InChI=1S/C13H25N3O/c1-13(9-17-7-12(13)14)8-15-10-4-5-16(6-10)11-2-3-11/h10-12,15H,2-9,14H2,1H3. The van der Waals surface area contributed by atoms with E-state index in [4.69, 9.17) is 10.5 Å². The van der Waals surface area contributed by atoms with Crippen LogP contribution < -0.4 is 11.1 Å². The highest BCUT2D eigenvalue weighted by atomic mass is 16.5. The van der Waals surface area contributed by atoms with Crippen LogP contribution in [0.1, 0.15) is 26.2 Å². The first-order chi connectivity index (χ1) is 8.17. The number of hydrogen-bond acceptors (Lipinski definition) is 4. The molecule has 0 aromatic carbocycles. The number of likely N-dealkylation sites (tertiary alicyclic amines) is 1. The van der Waals surface area contributed by atoms with Crippen LogP contribution in [-0.2, 0) is 4.74 Å². The lowest BCUT2D eigenvalue weighted by atomic mass is 9.85. The Kier molecular flexibility index (Phi) is 3.15. The second-order valence-corrected chi connectivity index (χ2v) is 6.37. The Morgan fingerprint density at radius 2 is 2.24 bits per heavy atom. The molecule has 3 fully saturated rings. The molecule has 3 aliphatic rings. The molecule has 2 aliphatic heterocycles. The fourth-order valence-electron chi connectivity index (χ4n) is 3.01. The van der Waals surface area contributed by atoms with Crippen LogP contribution in [-0.4, -0.2) is 55.9 Å². The van der Waals surface area contributed by atoms with Crippen LogP contribution in [0.15, 0.2) is 0 Å². The Hall–Kier alpha value is -0.160. The summed E-state index contributed by atoms with van der Waals surface area (Å²) in [6, 6.07) is 1.77. The van der Waals surface area contributed by atoms with Crippen molar-refractivity contribution in [3.63, 3.8) is 0 Å². The topological polar surface area (TPSA) is 50.5 Å². The van der Waals surface area contributed by atoms with E-state index in [9.17, 15) is 0 Å². The third-order valence-electron chi connectivity index (χ3n) is 4.70. The molecule has 3 atom stereocenters. The predicted molar refractivity (Wildman–Crippen MR) is 67.9 cm³/mol. The molecule has 2 heterocycles. The van der Waals surface area contributed by atoms with Crippen LogP contribution in [0.3, 0.4) is 0 Å². The van der Waals surface area contributed by atoms with Gasteiger partial charge in [-0.1, -0.05) is 6.92 Å². The third-order valence-corrected chi connectivity index (χ3v) is 4.70. The van der Waals surface area contributed by atoms with Crippen molar-refractivity contribution in [2.75, 3.05) is 32.8 Å². The first-order valence-electron chi connectivity index (χ1n) is 6.98. The van der Waals surface area contributed by atoms with Gasteiger partial charge in [-0.05, 0) is 19.3 Å². The maximum Gasteiger partial charge on any atom is 0.0624 e. The van der Waals surface area contributed by atoms with Gasteiger partial charge in [0.25, 0.3) is 0 Å². The lowest BCUT2D eigenvalue weighted by Gasteiger charge is -2.29. The number of nitrogens with zero attached hydrogens (tertiary/aromatic N) is 1. The Morgan fingerprint density at radius 3 is 2.88 bits per heavy atom. The minimum absolute atomic E-state index is 0.132. The van der Waals surface area contributed by atoms with Gasteiger partial charge in [0.1, 0.15) is 0 Å². The average Bonchev–Trinajstić information content (AvgIpc) is 2.97. The molecule has 0 bridgehead atoms. The van der Waals surface area contributed by atoms with Crippen LogP contribution >= 0.6 is 0 Å². The van der Waals surface area contributed by atoms with E-state index in [2.05, 4.69) is 17.1 Å². The van der Waals surface area contributed by atoms with Crippen molar-refractivity contribution in [2.24, 2.45) is 11.1 Å². The molecule has 4 heteroatoms. The van der Waals surface area contributed by atoms with Crippen molar-refractivity contribution in [1.29, 1.82) is 0 Å². The monoisotopic (exact) mass is 239 g/mol. The van der Waals surface area contributed by atoms with E-state index in [-0.39, 0.29) is 11.5 Å². The summed E-state index contributed by atoms with van der Waals surface area (Å²) in [7, 11) is 0. The van der Waals surface area contributed by atoms with Gasteiger partial charge in [-0.3, -0.25) is 4.90 Å². The van der Waals surface area contributed by atoms with Gasteiger partial charge in [0.2, 0.25) is 0 Å². The predicted octanol–water partition coefficient (Wildman–Crippen LogP) is 0.177. The fraction of sp³-hybridized carbons (Fsp3) is 1.00. The molecule has 4 nitrogen and oxygen atoms in total. The van der Waals surface area contributed by atoms with Crippen molar-refractivity contribution in [3.05, 3.63) is 0 Å². The van der Waals surface area contributed by atoms with Gasteiger partial charge in [0.05, 0.1) is 13.2 Å². The molecule has 0 aromatic heterocycles. The third kappa shape index (κ3) is 2.50. The summed E-state index contributed by atoms with van der Waals surface area (Å²) in [5.41, 5.74) is 6.24. The van der Waals surface area contributed by atoms with Crippen molar-refractivity contribution < 1.29 is 4.74 Å². The highest BCUT2D eigenvalue weighted by molar-refractivity contribution is 4.95. The van der Waals surface area contributed by atoms with Crippen molar-refractivity contribution >= 4 is 0 Å². The van der Waals surface area contributed by atoms with Crippen LogP contribution in [0.4, 0.5) is 0 Å². The zero-order chi connectivity index (χ0) is 11.9.